The van der Waals surface area contributed by atoms with E-state index in [1.165, 1.54) is 0 Å². The van der Waals surface area contributed by atoms with Crippen molar-refractivity contribution in [1.29, 1.82) is 0 Å². The highest BCUT2D eigenvalue weighted by Crippen LogP contribution is 2.21. The van der Waals surface area contributed by atoms with E-state index in [1.807, 2.05) is 34.6 Å². The number of nitrogens with zero attached hydrogens (tertiary/aromatic N) is 1. The van der Waals surface area contributed by atoms with Crippen LogP contribution in [0.4, 0.5) is 4.79 Å². The zero-order valence-electron chi connectivity index (χ0n) is 12.5. The zero-order valence-corrected chi connectivity index (χ0v) is 12.5. The summed E-state index contributed by atoms with van der Waals surface area (Å²) in [5.74, 6) is 3.26. The third kappa shape index (κ3) is 6.54. The SMILES string of the molecule is C#CCC1CCN(C(=O)OC(C)(C)C)CC1.CC. The molecule has 1 aliphatic rings. The van der Waals surface area contributed by atoms with Gasteiger partial charge in [-0.15, -0.1) is 12.3 Å². The zero-order chi connectivity index (χ0) is 14.2. The van der Waals surface area contributed by atoms with Crippen molar-refractivity contribution in [2.45, 2.75) is 59.5 Å². The Labute approximate surface area is 112 Å². The second-order valence-corrected chi connectivity index (χ2v) is 5.32. The molecule has 0 aliphatic carbocycles. The first-order valence-electron chi connectivity index (χ1n) is 6.84. The number of rotatable bonds is 1. The molecule has 0 unspecified atom stereocenters. The number of carbonyl (C=O) groups excluding carboxylic acids is 1. The van der Waals surface area contributed by atoms with Crippen LogP contribution in [0.25, 0.3) is 0 Å². The molecule has 1 aliphatic heterocycles. The number of ether oxygens (including phenoxy) is 1. The van der Waals surface area contributed by atoms with E-state index in [1.54, 1.807) is 4.90 Å². The Morgan fingerprint density at radius 2 is 1.83 bits per heavy atom. The van der Waals surface area contributed by atoms with Crippen molar-refractivity contribution < 1.29 is 9.53 Å². The van der Waals surface area contributed by atoms with E-state index in [0.29, 0.717) is 5.92 Å². The average molecular weight is 253 g/mol. The maximum absolute atomic E-state index is 11.7. The molecule has 1 fully saturated rings. The third-order valence-corrected chi connectivity index (χ3v) is 2.67. The smallest absolute Gasteiger partial charge is 0.410 e. The van der Waals surface area contributed by atoms with Crippen molar-refractivity contribution in [2.75, 3.05) is 13.1 Å². The van der Waals surface area contributed by atoms with Crippen LogP contribution in [-0.4, -0.2) is 29.7 Å². The monoisotopic (exact) mass is 253 g/mol. The Morgan fingerprint density at radius 1 is 1.33 bits per heavy atom. The summed E-state index contributed by atoms with van der Waals surface area (Å²) in [5, 5.41) is 0. The predicted octanol–water partition coefficient (Wildman–Crippen LogP) is 3.68. The molecule has 0 aromatic carbocycles. The van der Waals surface area contributed by atoms with Crippen LogP contribution < -0.4 is 0 Å². The van der Waals surface area contributed by atoms with Gasteiger partial charge >= 0.3 is 6.09 Å². The van der Waals surface area contributed by atoms with Crippen LogP contribution in [0, 0.1) is 18.3 Å². The average Bonchev–Trinajstić information content (AvgIpc) is 2.31. The summed E-state index contributed by atoms with van der Waals surface area (Å²) in [6, 6.07) is 0. The normalized spacial score (nSPS) is 16.3. The molecule has 0 atom stereocenters. The van der Waals surface area contributed by atoms with Gasteiger partial charge < -0.3 is 9.64 Å². The Morgan fingerprint density at radius 3 is 2.22 bits per heavy atom. The molecule has 0 spiro atoms. The van der Waals surface area contributed by atoms with Crippen LogP contribution >= 0.6 is 0 Å². The van der Waals surface area contributed by atoms with Crippen molar-refractivity contribution in [2.24, 2.45) is 5.92 Å². The van der Waals surface area contributed by atoms with Gasteiger partial charge in [-0.1, -0.05) is 13.8 Å². The summed E-state index contributed by atoms with van der Waals surface area (Å²) < 4.78 is 5.32. The molecule has 1 saturated heterocycles. The van der Waals surface area contributed by atoms with E-state index in [-0.39, 0.29) is 6.09 Å². The van der Waals surface area contributed by atoms with E-state index < -0.39 is 5.60 Å². The Balaban J connectivity index is 0.00000137. The minimum atomic E-state index is -0.410. The predicted molar refractivity (Wildman–Crippen MR) is 75.3 cm³/mol. The molecule has 104 valence electrons. The highest BCUT2D eigenvalue weighted by atomic mass is 16.6. The molecule has 0 bridgehead atoms. The van der Waals surface area contributed by atoms with E-state index in [0.717, 1.165) is 32.4 Å². The van der Waals surface area contributed by atoms with E-state index in [4.69, 9.17) is 11.2 Å². The summed E-state index contributed by atoms with van der Waals surface area (Å²) in [4.78, 5) is 13.5. The summed E-state index contributed by atoms with van der Waals surface area (Å²) >= 11 is 0. The first-order valence-corrected chi connectivity index (χ1v) is 6.84. The Hall–Kier alpha value is -1.17. The van der Waals surface area contributed by atoms with Crippen LogP contribution in [0.3, 0.4) is 0 Å². The Bertz CT molecular complexity index is 278. The number of likely N-dealkylation sites (tertiary alicyclic amines) is 1. The van der Waals surface area contributed by atoms with Crippen LogP contribution in [0.1, 0.15) is 53.9 Å². The maximum atomic E-state index is 11.7. The fourth-order valence-corrected chi connectivity index (χ4v) is 1.81. The molecule has 1 heterocycles. The second-order valence-electron chi connectivity index (χ2n) is 5.32. The molecule has 0 radical (unpaired) electrons. The van der Waals surface area contributed by atoms with Gasteiger partial charge in [-0.3, -0.25) is 0 Å². The van der Waals surface area contributed by atoms with Gasteiger partial charge in [0.2, 0.25) is 0 Å². The van der Waals surface area contributed by atoms with Gasteiger partial charge in [0, 0.05) is 19.5 Å². The summed E-state index contributed by atoms with van der Waals surface area (Å²) in [6.07, 6.45) is 7.88. The quantitative estimate of drug-likeness (QED) is 0.667. The molecule has 3 nitrogen and oxygen atoms in total. The van der Waals surface area contributed by atoms with Crippen molar-refractivity contribution in [1.82, 2.24) is 4.90 Å². The molecule has 0 N–H and O–H groups in total. The van der Waals surface area contributed by atoms with Crippen LogP contribution in [-0.2, 0) is 4.74 Å². The maximum Gasteiger partial charge on any atom is 0.410 e. The van der Waals surface area contributed by atoms with Gasteiger partial charge in [0.1, 0.15) is 5.60 Å². The van der Waals surface area contributed by atoms with E-state index in [2.05, 4.69) is 5.92 Å². The lowest BCUT2D eigenvalue weighted by atomic mass is 9.94. The highest BCUT2D eigenvalue weighted by molar-refractivity contribution is 5.68. The molecular formula is C15H27NO2. The summed E-state index contributed by atoms with van der Waals surface area (Å²) in [5.41, 5.74) is -0.410. The molecule has 3 heteroatoms. The molecular weight excluding hydrogens is 226 g/mol. The minimum absolute atomic E-state index is 0.202. The van der Waals surface area contributed by atoms with Gasteiger partial charge in [-0.2, -0.15) is 0 Å². The second kappa shape index (κ2) is 8.02. The standard InChI is InChI=1S/C13H21NO2.C2H6/c1-5-6-11-7-9-14(10-8-11)12(15)16-13(2,3)4;1-2/h1,11H,6-10H2,2-4H3;1-2H3. The number of hydrogen-bond acceptors (Lipinski definition) is 2. The first-order chi connectivity index (χ1) is 8.42. The fourth-order valence-electron chi connectivity index (χ4n) is 1.81. The lowest BCUT2D eigenvalue weighted by Gasteiger charge is -2.32. The lowest BCUT2D eigenvalue weighted by molar-refractivity contribution is 0.0186. The van der Waals surface area contributed by atoms with Gasteiger partial charge in [0.15, 0.2) is 0 Å². The van der Waals surface area contributed by atoms with Gasteiger partial charge in [-0.05, 0) is 39.5 Å². The summed E-state index contributed by atoms with van der Waals surface area (Å²) in [7, 11) is 0. The topological polar surface area (TPSA) is 29.5 Å². The van der Waals surface area contributed by atoms with Crippen molar-refractivity contribution >= 4 is 6.09 Å². The largest absolute Gasteiger partial charge is 0.444 e. The van der Waals surface area contributed by atoms with Gasteiger partial charge in [0.25, 0.3) is 0 Å². The van der Waals surface area contributed by atoms with Crippen LogP contribution in [0.5, 0.6) is 0 Å². The Kier molecular flexibility index (Phi) is 7.50. The number of hydrogen-bond donors (Lipinski definition) is 0. The van der Waals surface area contributed by atoms with Crippen molar-refractivity contribution in [3.8, 4) is 12.3 Å². The number of amides is 1. The van der Waals surface area contributed by atoms with E-state index in [9.17, 15) is 4.79 Å². The molecule has 0 aromatic heterocycles. The molecule has 1 amide bonds. The summed E-state index contributed by atoms with van der Waals surface area (Å²) in [6.45, 7) is 11.2. The number of carbonyl (C=O) groups is 1. The van der Waals surface area contributed by atoms with E-state index >= 15 is 0 Å². The number of piperidine rings is 1. The molecule has 18 heavy (non-hydrogen) atoms. The first kappa shape index (κ1) is 16.8. The fraction of sp³-hybridized carbons (Fsp3) is 0.800. The molecule has 0 aromatic rings. The van der Waals surface area contributed by atoms with Crippen LogP contribution in [0.15, 0.2) is 0 Å². The van der Waals surface area contributed by atoms with Crippen molar-refractivity contribution in [3.05, 3.63) is 0 Å². The highest BCUT2D eigenvalue weighted by Gasteiger charge is 2.26. The van der Waals surface area contributed by atoms with Gasteiger partial charge in [-0.25, -0.2) is 4.79 Å². The van der Waals surface area contributed by atoms with Crippen molar-refractivity contribution in [3.63, 3.8) is 0 Å². The van der Waals surface area contributed by atoms with Crippen LogP contribution in [0.2, 0.25) is 0 Å². The third-order valence-electron chi connectivity index (χ3n) is 2.67. The molecule has 0 saturated carbocycles. The molecule has 1 rings (SSSR count). The lowest BCUT2D eigenvalue weighted by Crippen LogP contribution is -2.41. The number of terminal acetylenes is 1. The van der Waals surface area contributed by atoms with Gasteiger partial charge in [0.05, 0.1) is 0 Å². The minimum Gasteiger partial charge on any atom is -0.444 e.